The van der Waals surface area contributed by atoms with Crippen molar-refractivity contribution in [2.24, 2.45) is 0 Å². The third kappa shape index (κ3) is 2.69. The van der Waals surface area contributed by atoms with E-state index < -0.39 is 0 Å². The van der Waals surface area contributed by atoms with Crippen LogP contribution in [0.2, 0.25) is 5.02 Å². The van der Waals surface area contributed by atoms with Gasteiger partial charge in [-0.05, 0) is 18.2 Å². The molecule has 5 heteroatoms. The molecule has 1 unspecified atom stereocenters. The van der Waals surface area contributed by atoms with Crippen LogP contribution in [0.15, 0.2) is 18.2 Å². The van der Waals surface area contributed by atoms with Gasteiger partial charge in [-0.3, -0.25) is 0 Å². The van der Waals surface area contributed by atoms with Crippen molar-refractivity contribution in [1.82, 2.24) is 5.32 Å². The highest BCUT2D eigenvalue weighted by molar-refractivity contribution is 6.30. The zero-order valence-corrected chi connectivity index (χ0v) is 11.1. The molecular formula is C13H16ClN3O. The fraction of sp³-hybridized carbons (Fsp3) is 0.462. The molecule has 1 saturated heterocycles. The highest BCUT2D eigenvalue weighted by atomic mass is 35.5. The molecule has 0 amide bonds. The molecule has 1 heterocycles. The Labute approximate surface area is 112 Å². The van der Waals surface area contributed by atoms with E-state index in [1.807, 2.05) is 18.2 Å². The van der Waals surface area contributed by atoms with Gasteiger partial charge < -0.3 is 15.0 Å². The number of hydrogen-bond acceptors (Lipinski definition) is 4. The predicted octanol–water partition coefficient (Wildman–Crippen LogP) is 2.04. The van der Waals surface area contributed by atoms with Crippen molar-refractivity contribution in [3.8, 4) is 11.8 Å². The topological polar surface area (TPSA) is 48.3 Å². The summed E-state index contributed by atoms with van der Waals surface area (Å²) in [5.74, 6) is 0.796. The number of benzene rings is 1. The van der Waals surface area contributed by atoms with E-state index in [4.69, 9.17) is 21.6 Å². The number of nitrogens with one attached hydrogen (secondary N) is 1. The van der Waals surface area contributed by atoms with Gasteiger partial charge in [0.15, 0.2) is 0 Å². The fourth-order valence-corrected chi connectivity index (χ4v) is 2.42. The molecule has 18 heavy (non-hydrogen) atoms. The van der Waals surface area contributed by atoms with Crippen molar-refractivity contribution < 1.29 is 4.74 Å². The molecule has 0 radical (unpaired) electrons. The van der Waals surface area contributed by atoms with Crippen molar-refractivity contribution in [3.63, 3.8) is 0 Å². The van der Waals surface area contributed by atoms with Crippen molar-refractivity contribution in [1.29, 1.82) is 5.26 Å². The second-order valence-electron chi connectivity index (χ2n) is 4.23. The lowest BCUT2D eigenvalue weighted by molar-refractivity contribution is 0.407. The van der Waals surface area contributed by atoms with Crippen LogP contribution in [0.1, 0.15) is 6.42 Å². The van der Waals surface area contributed by atoms with Crippen LogP contribution in [0.3, 0.4) is 0 Å². The summed E-state index contributed by atoms with van der Waals surface area (Å²) < 4.78 is 5.38. The average Bonchev–Trinajstić information content (AvgIpc) is 2.40. The van der Waals surface area contributed by atoms with E-state index in [-0.39, 0.29) is 6.04 Å². The molecule has 0 bridgehead atoms. The fourth-order valence-electron chi connectivity index (χ4n) is 2.25. The van der Waals surface area contributed by atoms with Crippen LogP contribution < -0.4 is 15.0 Å². The van der Waals surface area contributed by atoms with E-state index in [9.17, 15) is 0 Å². The van der Waals surface area contributed by atoms with Gasteiger partial charge in [0, 0.05) is 24.7 Å². The molecule has 1 fully saturated rings. The van der Waals surface area contributed by atoms with E-state index in [1.54, 1.807) is 7.11 Å². The number of anilines is 1. The van der Waals surface area contributed by atoms with Crippen LogP contribution in [0.4, 0.5) is 5.69 Å². The van der Waals surface area contributed by atoms with Crippen molar-refractivity contribution in [3.05, 3.63) is 23.2 Å². The number of hydrogen-bond donors (Lipinski definition) is 1. The number of nitrogens with zero attached hydrogens (tertiary/aromatic N) is 2. The predicted molar refractivity (Wildman–Crippen MR) is 72.2 cm³/mol. The standard InChI is InChI=1S/C13H16ClN3O/c1-18-13-3-2-10(14)8-12(13)17-7-6-16-9-11(17)4-5-15/h2-3,8,11,16H,4,6-7,9H2,1H3. The Morgan fingerprint density at radius 3 is 3.17 bits per heavy atom. The molecule has 1 aliphatic rings. The van der Waals surface area contributed by atoms with Gasteiger partial charge in [-0.25, -0.2) is 0 Å². The summed E-state index contributed by atoms with van der Waals surface area (Å²) in [5, 5.41) is 12.9. The highest BCUT2D eigenvalue weighted by Crippen LogP contribution is 2.33. The number of methoxy groups -OCH3 is 1. The van der Waals surface area contributed by atoms with Crippen molar-refractivity contribution in [2.75, 3.05) is 31.6 Å². The van der Waals surface area contributed by atoms with E-state index >= 15 is 0 Å². The first kappa shape index (κ1) is 13.0. The summed E-state index contributed by atoms with van der Waals surface area (Å²) in [6.45, 7) is 2.56. The van der Waals surface area contributed by atoms with Gasteiger partial charge in [0.25, 0.3) is 0 Å². The Bertz CT molecular complexity index is 458. The second kappa shape index (κ2) is 5.94. The number of nitriles is 1. The number of piperazine rings is 1. The molecule has 1 atom stereocenters. The Morgan fingerprint density at radius 2 is 2.44 bits per heavy atom. The monoisotopic (exact) mass is 265 g/mol. The molecule has 0 saturated carbocycles. The van der Waals surface area contributed by atoms with Gasteiger partial charge in [0.2, 0.25) is 0 Å². The van der Waals surface area contributed by atoms with Crippen molar-refractivity contribution in [2.45, 2.75) is 12.5 Å². The molecule has 1 aromatic carbocycles. The Balaban J connectivity index is 2.32. The molecule has 1 aromatic rings. The quantitative estimate of drug-likeness (QED) is 0.909. The maximum absolute atomic E-state index is 8.90. The molecule has 1 aliphatic heterocycles. The second-order valence-corrected chi connectivity index (χ2v) is 4.67. The molecule has 96 valence electrons. The first-order chi connectivity index (χ1) is 8.76. The minimum atomic E-state index is 0.163. The van der Waals surface area contributed by atoms with Crippen LogP contribution in [0, 0.1) is 11.3 Å². The summed E-state index contributed by atoms with van der Waals surface area (Å²) in [4.78, 5) is 2.20. The van der Waals surface area contributed by atoms with Gasteiger partial charge in [-0.2, -0.15) is 5.26 Å². The summed E-state index contributed by atoms with van der Waals surface area (Å²) in [6.07, 6.45) is 0.489. The van der Waals surface area contributed by atoms with E-state index in [2.05, 4.69) is 16.3 Å². The van der Waals surface area contributed by atoms with Gasteiger partial charge in [-0.15, -0.1) is 0 Å². The largest absolute Gasteiger partial charge is 0.495 e. The lowest BCUT2D eigenvalue weighted by Gasteiger charge is -2.37. The van der Waals surface area contributed by atoms with E-state index in [0.29, 0.717) is 11.4 Å². The van der Waals surface area contributed by atoms with Crippen LogP contribution in [-0.2, 0) is 0 Å². The van der Waals surface area contributed by atoms with Crippen LogP contribution in [0.5, 0.6) is 5.75 Å². The molecule has 4 nitrogen and oxygen atoms in total. The minimum Gasteiger partial charge on any atom is -0.495 e. The summed E-state index contributed by atoms with van der Waals surface area (Å²) in [7, 11) is 1.65. The summed E-state index contributed by atoms with van der Waals surface area (Å²) >= 11 is 6.05. The van der Waals surface area contributed by atoms with Gasteiger partial charge in [0.05, 0.1) is 31.3 Å². The Morgan fingerprint density at radius 1 is 1.61 bits per heavy atom. The average molecular weight is 266 g/mol. The molecular weight excluding hydrogens is 250 g/mol. The van der Waals surface area contributed by atoms with E-state index in [1.165, 1.54) is 0 Å². The SMILES string of the molecule is COc1ccc(Cl)cc1N1CCNCC1CC#N. The zero-order valence-electron chi connectivity index (χ0n) is 10.3. The first-order valence-electron chi connectivity index (χ1n) is 5.94. The normalized spacial score (nSPS) is 19.4. The lowest BCUT2D eigenvalue weighted by atomic mass is 10.1. The molecule has 2 rings (SSSR count). The third-order valence-electron chi connectivity index (χ3n) is 3.13. The minimum absolute atomic E-state index is 0.163. The Hall–Kier alpha value is -1.44. The smallest absolute Gasteiger partial charge is 0.142 e. The number of ether oxygens (including phenoxy) is 1. The van der Waals surface area contributed by atoms with Gasteiger partial charge in [-0.1, -0.05) is 11.6 Å². The lowest BCUT2D eigenvalue weighted by Crippen LogP contribution is -2.51. The van der Waals surface area contributed by atoms with E-state index in [0.717, 1.165) is 31.1 Å². The highest BCUT2D eigenvalue weighted by Gasteiger charge is 2.24. The van der Waals surface area contributed by atoms with Gasteiger partial charge in [0.1, 0.15) is 5.75 Å². The maximum atomic E-state index is 8.90. The third-order valence-corrected chi connectivity index (χ3v) is 3.36. The summed E-state index contributed by atoms with van der Waals surface area (Å²) in [6, 6.07) is 7.97. The Kier molecular flexibility index (Phi) is 4.29. The van der Waals surface area contributed by atoms with Crippen LogP contribution in [-0.4, -0.2) is 32.8 Å². The molecule has 1 N–H and O–H groups in total. The number of rotatable bonds is 3. The molecule has 0 aliphatic carbocycles. The zero-order chi connectivity index (χ0) is 13.0. The van der Waals surface area contributed by atoms with Crippen LogP contribution in [0.25, 0.3) is 0 Å². The van der Waals surface area contributed by atoms with Gasteiger partial charge >= 0.3 is 0 Å². The molecule has 0 aromatic heterocycles. The van der Waals surface area contributed by atoms with Crippen LogP contribution >= 0.6 is 11.6 Å². The van der Waals surface area contributed by atoms with Crippen molar-refractivity contribution >= 4 is 17.3 Å². The summed E-state index contributed by atoms with van der Waals surface area (Å²) in [5.41, 5.74) is 0.965. The first-order valence-corrected chi connectivity index (χ1v) is 6.32. The molecule has 0 spiro atoms. The maximum Gasteiger partial charge on any atom is 0.142 e. The number of halogens is 1.